The van der Waals surface area contributed by atoms with E-state index in [9.17, 15) is 4.79 Å². The molecule has 0 aliphatic heterocycles. The van der Waals surface area contributed by atoms with Gasteiger partial charge < -0.3 is 14.8 Å². The maximum Gasteiger partial charge on any atom is 0.265 e. The van der Waals surface area contributed by atoms with Crippen molar-refractivity contribution in [2.75, 3.05) is 12.4 Å². The van der Waals surface area contributed by atoms with Crippen molar-refractivity contribution in [3.05, 3.63) is 53.0 Å². The molecule has 1 amide bonds. The molecule has 2 rings (SSSR count). The van der Waals surface area contributed by atoms with Crippen LogP contribution in [0.4, 0.5) is 5.69 Å². The van der Waals surface area contributed by atoms with Crippen molar-refractivity contribution in [3.63, 3.8) is 0 Å². The predicted molar refractivity (Wildman–Crippen MR) is 90.5 cm³/mol. The first kappa shape index (κ1) is 16.4. The molecule has 116 valence electrons. The van der Waals surface area contributed by atoms with E-state index in [1.807, 2.05) is 43.3 Å². The first-order chi connectivity index (χ1) is 10.7. The van der Waals surface area contributed by atoms with Crippen LogP contribution in [0.15, 0.2) is 53.0 Å². The van der Waals surface area contributed by atoms with E-state index in [0.29, 0.717) is 17.9 Å². The Balaban J connectivity index is 2.11. The predicted octanol–water partition coefficient (Wildman–Crippen LogP) is 4.25. The summed E-state index contributed by atoms with van der Waals surface area (Å²) >= 11 is 3.41. The van der Waals surface area contributed by atoms with Crippen LogP contribution in [0.5, 0.6) is 11.5 Å². The van der Waals surface area contributed by atoms with Gasteiger partial charge in [-0.2, -0.15) is 0 Å². The summed E-state index contributed by atoms with van der Waals surface area (Å²) in [6.45, 7) is 1.90. The zero-order valence-corrected chi connectivity index (χ0v) is 14.1. The second-order valence-electron chi connectivity index (χ2n) is 4.63. The number of ether oxygens (including phenoxy) is 2. The summed E-state index contributed by atoms with van der Waals surface area (Å²) in [5, 5.41) is 2.87. The van der Waals surface area contributed by atoms with E-state index in [0.717, 1.165) is 10.2 Å². The molecule has 1 atom stereocenters. The number of para-hydroxylation sites is 3. The van der Waals surface area contributed by atoms with Crippen molar-refractivity contribution in [1.29, 1.82) is 0 Å². The lowest BCUT2D eigenvalue weighted by atomic mass is 10.2. The topological polar surface area (TPSA) is 47.6 Å². The van der Waals surface area contributed by atoms with Crippen molar-refractivity contribution in [2.45, 2.75) is 19.4 Å². The molecule has 2 aromatic carbocycles. The Morgan fingerprint density at radius 1 is 1.14 bits per heavy atom. The summed E-state index contributed by atoms with van der Waals surface area (Å²) in [7, 11) is 1.57. The van der Waals surface area contributed by atoms with Crippen LogP contribution >= 0.6 is 15.9 Å². The summed E-state index contributed by atoms with van der Waals surface area (Å²) in [5.41, 5.74) is 0.717. The van der Waals surface area contributed by atoms with Gasteiger partial charge in [-0.1, -0.05) is 31.2 Å². The monoisotopic (exact) mass is 363 g/mol. The quantitative estimate of drug-likeness (QED) is 0.834. The Hall–Kier alpha value is -2.01. The Bertz CT molecular complexity index is 645. The Labute approximate surface area is 138 Å². The van der Waals surface area contributed by atoms with Gasteiger partial charge in [-0.15, -0.1) is 0 Å². The molecule has 2 aromatic rings. The molecular formula is C17H18BrNO3. The summed E-state index contributed by atoms with van der Waals surface area (Å²) in [6, 6.07) is 14.7. The van der Waals surface area contributed by atoms with Gasteiger partial charge in [0, 0.05) is 4.47 Å². The number of amides is 1. The molecule has 0 aliphatic rings. The second kappa shape index (κ2) is 7.84. The highest BCUT2D eigenvalue weighted by Crippen LogP contribution is 2.28. The van der Waals surface area contributed by atoms with Crippen molar-refractivity contribution in [2.24, 2.45) is 0 Å². The molecule has 0 spiro atoms. The van der Waals surface area contributed by atoms with E-state index in [4.69, 9.17) is 9.47 Å². The van der Waals surface area contributed by atoms with Crippen LogP contribution in [0.3, 0.4) is 0 Å². The van der Waals surface area contributed by atoms with Crippen LogP contribution in [0.1, 0.15) is 13.3 Å². The number of anilines is 1. The molecule has 0 bridgehead atoms. The van der Waals surface area contributed by atoms with Crippen molar-refractivity contribution in [1.82, 2.24) is 0 Å². The van der Waals surface area contributed by atoms with Gasteiger partial charge in [-0.05, 0) is 46.6 Å². The Morgan fingerprint density at radius 2 is 1.77 bits per heavy atom. The van der Waals surface area contributed by atoms with Crippen LogP contribution < -0.4 is 14.8 Å². The molecule has 0 saturated carbocycles. The van der Waals surface area contributed by atoms with Gasteiger partial charge in [0.25, 0.3) is 5.91 Å². The fourth-order valence-corrected chi connectivity index (χ4v) is 2.35. The molecule has 0 unspecified atom stereocenters. The smallest absolute Gasteiger partial charge is 0.265 e. The Kier molecular flexibility index (Phi) is 5.83. The summed E-state index contributed by atoms with van der Waals surface area (Å²) in [5.74, 6) is 0.967. The van der Waals surface area contributed by atoms with E-state index in [1.165, 1.54) is 0 Å². The van der Waals surface area contributed by atoms with Gasteiger partial charge >= 0.3 is 0 Å². The molecule has 22 heavy (non-hydrogen) atoms. The van der Waals surface area contributed by atoms with Gasteiger partial charge in [-0.3, -0.25) is 4.79 Å². The first-order valence-electron chi connectivity index (χ1n) is 7.00. The third-order valence-corrected chi connectivity index (χ3v) is 3.82. The van der Waals surface area contributed by atoms with E-state index in [2.05, 4.69) is 21.2 Å². The zero-order chi connectivity index (χ0) is 15.9. The average Bonchev–Trinajstić information content (AvgIpc) is 2.55. The van der Waals surface area contributed by atoms with Gasteiger partial charge in [0.05, 0.1) is 12.8 Å². The van der Waals surface area contributed by atoms with Crippen LogP contribution in [0.2, 0.25) is 0 Å². The summed E-state index contributed by atoms with van der Waals surface area (Å²) in [6.07, 6.45) is -0.0441. The van der Waals surface area contributed by atoms with Crippen molar-refractivity contribution in [3.8, 4) is 11.5 Å². The molecular weight excluding hydrogens is 346 g/mol. The van der Waals surface area contributed by atoms with Crippen LogP contribution in [0, 0.1) is 0 Å². The minimum atomic E-state index is -0.594. The van der Waals surface area contributed by atoms with Crippen molar-refractivity contribution >= 4 is 27.5 Å². The van der Waals surface area contributed by atoms with Gasteiger partial charge in [0.2, 0.25) is 0 Å². The largest absolute Gasteiger partial charge is 0.493 e. The number of carbonyl (C=O) groups excluding carboxylic acids is 1. The van der Waals surface area contributed by atoms with Crippen LogP contribution in [-0.4, -0.2) is 19.1 Å². The molecule has 0 aliphatic carbocycles. The van der Waals surface area contributed by atoms with E-state index < -0.39 is 6.10 Å². The maximum absolute atomic E-state index is 12.4. The number of benzene rings is 2. The molecule has 0 radical (unpaired) electrons. The third kappa shape index (κ3) is 4.01. The van der Waals surface area contributed by atoms with Gasteiger partial charge in [0.1, 0.15) is 0 Å². The third-order valence-electron chi connectivity index (χ3n) is 3.13. The van der Waals surface area contributed by atoms with E-state index in [-0.39, 0.29) is 5.91 Å². The molecule has 4 nitrogen and oxygen atoms in total. The minimum absolute atomic E-state index is 0.194. The molecule has 0 heterocycles. The number of rotatable bonds is 6. The molecule has 0 fully saturated rings. The number of hydrogen-bond donors (Lipinski definition) is 1. The molecule has 1 N–H and O–H groups in total. The maximum atomic E-state index is 12.4. The molecule has 0 aromatic heterocycles. The first-order valence-corrected chi connectivity index (χ1v) is 7.80. The second-order valence-corrected chi connectivity index (χ2v) is 5.49. The number of carbonyl (C=O) groups is 1. The average molecular weight is 364 g/mol. The SMILES string of the molecule is CC[C@@H](Oc1ccccc1OC)C(=O)Nc1ccccc1Br. The number of halogens is 1. The highest BCUT2D eigenvalue weighted by atomic mass is 79.9. The fourth-order valence-electron chi connectivity index (χ4n) is 1.97. The van der Waals surface area contributed by atoms with Gasteiger partial charge in [0.15, 0.2) is 17.6 Å². The highest BCUT2D eigenvalue weighted by molar-refractivity contribution is 9.10. The standard InChI is InChI=1S/C17H18BrNO3/c1-3-14(22-16-11-7-6-10-15(16)21-2)17(20)19-13-9-5-4-8-12(13)18/h4-11,14H,3H2,1-2H3,(H,19,20)/t14-/m1/s1. The van der Waals surface area contributed by atoms with E-state index >= 15 is 0 Å². The minimum Gasteiger partial charge on any atom is -0.493 e. The molecule has 0 saturated heterocycles. The number of methoxy groups -OCH3 is 1. The lowest BCUT2D eigenvalue weighted by molar-refractivity contribution is -0.122. The fraction of sp³-hybridized carbons (Fsp3) is 0.235. The lowest BCUT2D eigenvalue weighted by Crippen LogP contribution is -2.32. The Morgan fingerprint density at radius 3 is 2.41 bits per heavy atom. The normalized spacial score (nSPS) is 11.6. The van der Waals surface area contributed by atoms with Crippen molar-refractivity contribution < 1.29 is 14.3 Å². The zero-order valence-electron chi connectivity index (χ0n) is 12.5. The lowest BCUT2D eigenvalue weighted by Gasteiger charge is -2.19. The summed E-state index contributed by atoms with van der Waals surface area (Å²) < 4.78 is 11.9. The van der Waals surface area contributed by atoms with Crippen LogP contribution in [0.25, 0.3) is 0 Å². The highest BCUT2D eigenvalue weighted by Gasteiger charge is 2.20. The van der Waals surface area contributed by atoms with E-state index in [1.54, 1.807) is 19.2 Å². The number of nitrogens with one attached hydrogen (secondary N) is 1. The van der Waals surface area contributed by atoms with Gasteiger partial charge in [-0.25, -0.2) is 0 Å². The summed E-state index contributed by atoms with van der Waals surface area (Å²) in [4.78, 5) is 12.4. The number of hydrogen-bond acceptors (Lipinski definition) is 3. The van der Waals surface area contributed by atoms with Crippen LogP contribution in [-0.2, 0) is 4.79 Å². The molecule has 5 heteroatoms.